The first-order chi connectivity index (χ1) is 8.56. The largest absolute Gasteiger partial charge is 0.508 e. The van der Waals surface area contributed by atoms with Gasteiger partial charge in [-0.3, -0.25) is 4.90 Å². The minimum atomic E-state index is -0.937. The van der Waals surface area contributed by atoms with Crippen molar-refractivity contribution in [2.24, 2.45) is 0 Å². The van der Waals surface area contributed by atoms with Crippen LogP contribution in [0.5, 0.6) is 5.75 Å². The van der Waals surface area contributed by atoms with Gasteiger partial charge in [0.2, 0.25) is 0 Å². The summed E-state index contributed by atoms with van der Waals surface area (Å²) in [6, 6.07) is 5.43. The molecular weight excluding hydrogens is 234 g/mol. The second kappa shape index (κ2) is 5.37. The van der Waals surface area contributed by atoms with Gasteiger partial charge in [0.25, 0.3) is 0 Å². The summed E-state index contributed by atoms with van der Waals surface area (Å²) < 4.78 is 5.16. The van der Waals surface area contributed by atoms with Crippen molar-refractivity contribution in [1.29, 1.82) is 0 Å². The van der Waals surface area contributed by atoms with Gasteiger partial charge in [0, 0.05) is 25.2 Å². The molecule has 18 heavy (non-hydrogen) atoms. The van der Waals surface area contributed by atoms with Crippen molar-refractivity contribution in [2.75, 3.05) is 19.7 Å². The second-order valence-electron chi connectivity index (χ2n) is 4.56. The van der Waals surface area contributed by atoms with E-state index in [0.29, 0.717) is 26.2 Å². The smallest absolute Gasteiger partial charge is 0.334 e. The lowest BCUT2D eigenvalue weighted by atomic mass is 10.1. The van der Waals surface area contributed by atoms with Crippen LogP contribution in [0, 0.1) is 6.92 Å². The fourth-order valence-electron chi connectivity index (χ4n) is 2.08. The Morgan fingerprint density at radius 1 is 1.56 bits per heavy atom. The highest BCUT2D eigenvalue weighted by atomic mass is 16.5. The van der Waals surface area contributed by atoms with Crippen molar-refractivity contribution in [1.82, 2.24) is 4.90 Å². The molecule has 1 saturated heterocycles. The quantitative estimate of drug-likeness (QED) is 0.838. The Morgan fingerprint density at radius 2 is 2.33 bits per heavy atom. The van der Waals surface area contributed by atoms with E-state index in [0.717, 1.165) is 11.1 Å². The molecule has 1 aromatic rings. The Morgan fingerprint density at radius 3 is 3.06 bits per heavy atom. The fraction of sp³-hybridized carbons (Fsp3) is 0.462. The zero-order valence-electron chi connectivity index (χ0n) is 10.3. The number of morpholine rings is 1. The van der Waals surface area contributed by atoms with E-state index in [9.17, 15) is 9.90 Å². The van der Waals surface area contributed by atoms with Gasteiger partial charge in [0.15, 0.2) is 6.10 Å². The third-order valence-corrected chi connectivity index (χ3v) is 3.05. The van der Waals surface area contributed by atoms with Gasteiger partial charge in [-0.15, -0.1) is 0 Å². The Labute approximate surface area is 106 Å². The van der Waals surface area contributed by atoms with E-state index in [1.54, 1.807) is 6.07 Å². The Balaban J connectivity index is 2.04. The van der Waals surface area contributed by atoms with E-state index in [-0.39, 0.29) is 5.75 Å². The molecule has 1 aliphatic rings. The van der Waals surface area contributed by atoms with Crippen LogP contribution in [0.3, 0.4) is 0 Å². The van der Waals surface area contributed by atoms with E-state index >= 15 is 0 Å². The first kappa shape index (κ1) is 12.9. The molecule has 1 atom stereocenters. The number of carboxylic acid groups (broad SMARTS) is 1. The molecule has 0 amide bonds. The Kier molecular flexibility index (Phi) is 3.84. The molecule has 2 N–H and O–H groups in total. The number of rotatable bonds is 3. The molecule has 1 fully saturated rings. The summed E-state index contributed by atoms with van der Waals surface area (Å²) in [6.45, 7) is 3.94. The molecule has 5 heteroatoms. The molecule has 0 aliphatic carbocycles. The maximum Gasteiger partial charge on any atom is 0.334 e. The second-order valence-corrected chi connectivity index (χ2v) is 4.56. The van der Waals surface area contributed by atoms with Gasteiger partial charge >= 0.3 is 5.97 Å². The summed E-state index contributed by atoms with van der Waals surface area (Å²) in [5.74, 6) is -0.688. The van der Waals surface area contributed by atoms with Crippen molar-refractivity contribution in [3.8, 4) is 5.75 Å². The summed E-state index contributed by atoms with van der Waals surface area (Å²) in [5, 5.41) is 18.7. The van der Waals surface area contributed by atoms with Gasteiger partial charge in [-0.2, -0.15) is 0 Å². The van der Waals surface area contributed by atoms with Crippen LogP contribution in [0.2, 0.25) is 0 Å². The molecule has 1 heterocycles. The first-order valence-electron chi connectivity index (χ1n) is 5.91. The molecule has 98 valence electrons. The van der Waals surface area contributed by atoms with Crippen LogP contribution in [0.15, 0.2) is 18.2 Å². The van der Waals surface area contributed by atoms with Crippen molar-refractivity contribution in [2.45, 2.75) is 19.6 Å². The number of aliphatic carboxylic acids is 1. The lowest BCUT2D eigenvalue weighted by molar-refractivity contribution is -0.156. The van der Waals surface area contributed by atoms with Crippen molar-refractivity contribution in [3.63, 3.8) is 0 Å². The van der Waals surface area contributed by atoms with Crippen LogP contribution in [-0.4, -0.2) is 46.9 Å². The predicted octanol–water partition coefficient (Wildman–Crippen LogP) is 0.986. The molecule has 0 radical (unpaired) electrons. The number of hydrogen-bond donors (Lipinski definition) is 2. The van der Waals surface area contributed by atoms with Gasteiger partial charge in [-0.1, -0.05) is 17.7 Å². The summed E-state index contributed by atoms with van der Waals surface area (Å²) in [4.78, 5) is 12.9. The van der Waals surface area contributed by atoms with Gasteiger partial charge in [0.05, 0.1) is 6.61 Å². The molecule has 2 rings (SSSR count). The summed E-state index contributed by atoms with van der Waals surface area (Å²) >= 11 is 0. The summed E-state index contributed by atoms with van der Waals surface area (Å²) in [6.07, 6.45) is -0.772. The number of phenols is 1. The molecule has 0 spiro atoms. The summed E-state index contributed by atoms with van der Waals surface area (Å²) in [5.41, 5.74) is 1.90. The molecule has 1 aromatic carbocycles. The third-order valence-electron chi connectivity index (χ3n) is 3.05. The molecular formula is C13H17NO4. The highest BCUT2D eigenvalue weighted by Crippen LogP contribution is 2.21. The molecule has 0 saturated carbocycles. The zero-order chi connectivity index (χ0) is 13.1. The lowest BCUT2D eigenvalue weighted by Gasteiger charge is -2.30. The van der Waals surface area contributed by atoms with Crippen LogP contribution in [0.25, 0.3) is 0 Å². The van der Waals surface area contributed by atoms with E-state index in [4.69, 9.17) is 9.84 Å². The number of carboxylic acids is 1. The van der Waals surface area contributed by atoms with E-state index in [2.05, 4.69) is 0 Å². The number of benzene rings is 1. The van der Waals surface area contributed by atoms with Gasteiger partial charge < -0.3 is 14.9 Å². The number of hydrogen-bond acceptors (Lipinski definition) is 4. The minimum Gasteiger partial charge on any atom is -0.508 e. The molecule has 0 bridgehead atoms. The average Bonchev–Trinajstić information content (AvgIpc) is 2.34. The van der Waals surface area contributed by atoms with Crippen molar-refractivity contribution < 1.29 is 19.7 Å². The zero-order valence-corrected chi connectivity index (χ0v) is 10.3. The van der Waals surface area contributed by atoms with Gasteiger partial charge in [-0.25, -0.2) is 4.79 Å². The van der Waals surface area contributed by atoms with Crippen LogP contribution in [0.1, 0.15) is 11.1 Å². The first-order valence-corrected chi connectivity index (χ1v) is 5.91. The predicted molar refractivity (Wildman–Crippen MR) is 65.5 cm³/mol. The Bertz CT molecular complexity index is 447. The number of carbonyl (C=O) groups is 1. The molecule has 1 aliphatic heterocycles. The van der Waals surface area contributed by atoms with E-state index in [1.165, 1.54) is 0 Å². The van der Waals surface area contributed by atoms with Gasteiger partial charge in [-0.05, 0) is 13.0 Å². The van der Waals surface area contributed by atoms with Crippen molar-refractivity contribution in [3.05, 3.63) is 29.3 Å². The van der Waals surface area contributed by atoms with Crippen molar-refractivity contribution >= 4 is 5.97 Å². The topological polar surface area (TPSA) is 70.0 Å². The number of nitrogens with zero attached hydrogens (tertiary/aromatic N) is 1. The standard InChI is InChI=1S/C13H17NO4/c1-9-2-3-11(15)10(6-9)7-14-4-5-18-12(8-14)13(16)17/h2-3,6,12,15H,4-5,7-8H2,1H3,(H,16,17). The average molecular weight is 251 g/mol. The monoisotopic (exact) mass is 251 g/mol. The number of aromatic hydroxyl groups is 1. The molecule has 1 unspecified atom stereocenters. The van der Waals surface area contributed by atoms with E-state index in [1.807, 2.05) is 24.0 Å². The summed E-state index contributed by atoms with van der Waals surface area (Å²) in [7, 11) is 0. The van der Waals surface area contributed by atoms with Crippen LogP contribution in [0.4, 0.5) is 0 Å². The van der Waals surface area contributed by atoms with Crippen LogP contribution >= 0.6 is 0 Å². The minimum absolute atomic E-state index is 0.249. The molecule has 5 nitrogen and oxygen atoms in total. The van der Waals surface area contributed by atoms with Crippen LogP contribution in [-0.2, 0) is 16.1 Å². The maximum atomic E-state index is 10.9. The number of ether oxygens (including phenoxy) is 1. The highest BCUT2D eigenvalue weighted by Gasteiger charge is 2.26. The normalized spacial score (nSPS) is 20.8. The highest BCUT2D eigenvalue weighted by molar-refractivity contribution is 5.72. The van der Waals surface area contributed by atoms with Gasteiger partial charge in [0.1, 0.15) is 5.75 Å². The fourth-order valence-corrected chi connectivity index (χ4v) is 2.08. The number of phenolic OH excluding ortho intramolecular Hbond substituents is 1. The molecule has 0 aromatic heterocycles. The third kappa shape index (κ3) is 3.00. The number of aryl methyl sites for hydroxylation is 1. The lowest BCUT2D eigenvalue weighted by Crippen LogP contribution is -2.45. The Hall–Kier alpha value is -1.59. The maximum absolute atomic E-state index is 10.9. The van der Waals surface area contributed by atoms with Crippen LogP contribution < -0.4 is 0 Å². The van der Waals surface area contributed by atoms with E-state index < -0.39 is 12.1 Å². The SMILES string of the molecule is Cc1ccc(O)c(CN2CCOC(C(=O)O)C2)c1.